The number of nitro benzene ring substituents is 1. The van der Waals surface area contributed by atoms with E-state index in [2.05, 4.69) is 4.72 Å². The lowest BCUT2D eigenvalue weighted by Crippen LogP contribution is -2.27. The second-order valence-corrected chi connectivity index (χ2v) is 5.53. The maximum atomic E-state index is 11.6. The Balaban J connectivity index is 2.62. The van der Waals surface area contributed by atoms with Gasteiger partial charge >= 0.3 is 5.97 Å². The Bertz CT molecular complexity index is 566. The minimum atomic E-state index is -3.65. The molecular weight excluding hydrogens is 276 g/mol. The van der Waals surface area contributed by atoms with Crippen molar-refractivity contribution < 1.29 is 23.2 Å². The molecule has 0 aliphatic rings. The van der Waals surface area contributed by atoms with Crippen LogP contribution in [0, 0.1) is 10.1 Å². The van der Waals surface area contributed by atoms with Crippen LogP contribution < -0.4 is 4.72 Å². The van der Waals surface area contributed by atoms with Crippen molar-refractivity contribution in [1.82, 2.24) is 4.72 Å². The third-order valence-electron chi connectivity index (χ3n) is 2.16. The van der Waals surface area contributed by atoms with Gasteiger partial charge in [-0.1, -0.05) is 12.1 Å². The average Bonchev–Trinajstić information content (AvgIpc) is 2.28. The summed E-state index contributed by atoms with van der Waals surface area (Å²) in [6.45, 7) is -0.190. The fraction of sp³-hybridized carbons (Fsp3) is 0.300. The zero-order chi connectivity index (χ0) is 14.5. The second-order valence-electron chi connectivity index (χ2n) is 3.72. The van der Waals surface area contributed by atoms with Crippen molar-refractivity contribution in [2.45, 2.75) is 12.2 Å². The molecule has 0 radical (unpaired) electrons. The third kappa shape index (κ3) is 5.44. The number of carboxylic acid groups (broad SMARTS) is 1. The van der Waals surface area contributed by atoms with Crippen molar-refractivity contribution >= 4 is 21.7 Å². The molecule has 0 atom stereocenters. The molecule has 0 unspecified atom stereocenters. The first-order chi connectivity index (χ1) is 8.80. The molecule has 2 N–H and O–H groups in total. The molecule has 0 aliphatic carbocycles. The van der Waals surface area contributed by atoms with Crippen molar-refractivity contribution in [3.05, 3.63) is 39.9 Å². The zero-order valence-corrected chi connectivity index (χ0v) is 10.6. The quantitative estimate of drug-likeness (QED) is 0.555. The van der Waals surface area contributed by atoms with Gasteiger partial charge in [0.05, 0.1) is 17.1 Å². The van der Waals surface area contributed by atoms with Crippen LogP contribution >= 0.6 is 0 Å². The van der Waals surface area contributed by atoms with Crippen LogP contribution in [-0.2, 0) is 20.6 Å². The highest BCUT2D eigenvalue weighted by Gasteiger charge is 2.13. The number of hydrogen-bond donors (Lipinski definition) is 2. The lowest BCUT2D eigenvalue weighted by atomic mass is 10.2. The van der Waals surface area contributed by atoms with Gasteiger partial charge in [0.1, 0.15) is 0 Å². The number of nitrogens with zero attached hydrogens (tertiary/aromatic N) is 1. The van der Waals surface area contributed by atoms with Crippen molar-refractivity contribution in [2.75, 3.05) is 6.54 Å². The summed E-state index contributed by atoms with van der Waals surface area (Å²) >= 11 is 0. The fourth-order valence-electron chi connectivity index (χ4n) is 1.30. The van der Waals surface area contributed by atoms with E-state index >= 15 is 0 Å². The van der Waals surface area contributed by atoms with Crippen molar-refractivity contribution in [3.8, 4) is 0 Å². The standard InChI is InChI=1S/C10H12N2O6S/c13-10(14)5-6-11-19(17,18)7-8-1-3-9(4-2-8)12(15)16/h1-4,11H,5-7H2,(H,13,14). The number of sulfonamides is 1. The largest absolute Gasteiger partial charge is 0.481 e. The van der Waals surface area contributed by atoms with E-state index in [0.717, 1.165) is 0 Å². The number of benzene rings is 1. The molecular formula is C10H12N2O6S. The molecule has 19 heavy (non-hydrogen) atoms. The lowest BCUT2D eigenvalue weighted by molar-refractivity contribution is -0.384. The predicted molar refractivity (Wildman–Crippen MR) is 66.0 cm³/mol. The van der Waals surface area contributed by atoms with Crippen LogP contribution in [-0.4, -0.2) is 31.0 Å². The van der Waals surface area contributed by atoms with E-state index in [1.165, 1.54) is 24.3 Å². The fourth-order valence-corrected chi connectivity index (χ4v) is 2.44. The summed E-state index contributed by atoms with van der Waals surface area (Å²) in [5.74, 6) is -1.46. The van der Waals surface area contributed by atoms with Crippen molar-refractivity contribution in [1.29, 1.82) is 0 Å². The predicted octanol–water partition coefficient (Wildman–Crippen LogP) is 0.489. The van der Waals surface area contributed by atoms with Gasteiger partial charge in [0.25, 0.3) is 5.69 Å². The van der Waals surface area contributed by atoms with Gasteiger partial charge in [-0.15, -0.1) is 0 Å². The van der Waals surface area contributed by atoms with Crippen LogP contribution in [0.4, 0.5) is 5.69 Å². The van der Waals surface area contributed by atoms with Crippen LogP contribution in [0.5, 0.6) is 0 Å². The number of nitrogens with one attached hydrogen (secondary N) is 1. The van der Waals surface area contributed by atoms with Crippen LogP contribution in [0.3, 0.4) is 0 Å². The molecule has 0 amide bonds. The van der Waals surface area contributed by atoms with Crippen LogP contribution in [0.15, 0.2) is 24.3 Å². The molecule has 0 fully saturated rings. The summed E-state index contributed by atoms with van der Waals surface area (Å²) in [6, 6.07) is 5.10. The van der Waals surface area contributed by atoms with E-state index in [4.69, 9.17) is 5.11 Å². The first kappa shape index (κ1) is 15.1. The number of hydrogen-bond acceptors (Lipinski definition) is 5. The Morgan fingerprint density at radius 3 is 2.37 bits per heavy atom. The molecule has 9 heteroatoms. The van der Waals surface area contributed by atoms with E-state index in [-0.39, 0.29) is 24.4 Å². The number of carboxylic acids is 1. The molecule has 0 spiro atoms. The number of nitro groups is 1. The molecule has 0 saturated heterocycles. The van der Waals surface area contributed by atoms with Gasteiger partial charge in [-0.3, -0.25) is 14.9 Å². The monoisotopic (exact) mass is 288 g/mol. The molecule has 104 valence electrons. The van der Waals surface area contributed by atoms with Gasteiger partial charge < -0.3 is 5.11 Å². The van der Waals surface area contributed by atoms with Crippen molar-refractivity contribution in [3.63, 3.8) is 0 Å². The van der Waals surface area contributed by atoms with E-state index in [0.29, 0.717) is 5.56 Å². The Hall–Kier alpha value is -2.00. The van der Waals surface area contributed by atoms with Gasteiger partial charge in [0.2, 0.25) is 10.0 Å². The molecule has 1 aromatic rings. The zero-order valence-electron chi connectivity index (χ0n) is 9.77. The molecule has 0 heterocycles. The van der Waals surface area contributed by atoms with Crippen LogP contribution in [0.2, 0.25) is 0 Å². The number of carbonyl (C=O) groups is 1. The highest BCUT2D eigenvalue weighted by atomic mass is 32.2. The highest BCUT2D eigenvalue weighted by molar-refractivity contribution is 7.88. The Morgan fingerprint density at radius 2 is 1.89 bits per heavy atom. The van der Waals surface area contributed by atoms with Gasteiger partial charge in [-0.25, -0.2) is 13.1 Å². The normalized spacial score (nSPS) is 11.2. The number of non-ortho nitro benzene ring substituents is 1. The van der Waals surface area contributed by atoms with E-state index in [1.807, 2.05) is 0 Å². The number of rotatable bonds is 7. The summed E-state index contributed by atoms with van der Waals surface area (Å²) < 4.78 is 25.3. The summed E-state index contributed by atoms with van der Waals surface area (Å²) in [5.41, 5.74) is 0.258. The summed E-state index contributed by atoms with van der Waals surface area (Å²) in [4.78, 5) is 20.1. The average molecular weight is 288 g/mol. The molecule has 0 saturated carbocycles. The smallest absolute Gasteiger partial charge is 0.304 e. The summed E-state index contributed by atoms with van der Waals surface area (Å²) in [7, 11) is -3.65. The maximum absolute atomic E-state index is 11.6. The molecule has 8 nitrogen and oxygen atoms in total. The highest BCUT2D eigenvalue weighted by Crippen LogP contribution is 2.13. The minimum Gasteiger partial charge on any atom is -0.481 e. The Labute approximate surface area is 109 Å². The molecule has 0 bridgehead atoms. The molecule has 1 rings (SSSR count). The van der Waals surface area contributed by atoms with Crippen molar-refractivity contribution in [2.24, 2.45) is 0 Å². The van der Waals surface area contributed by atoms with E-state index in [9.17, 15) is 23.3 Å². The van der Waals surface area contributed by atoms with Gasteiger partial charge in [0.15, 0.2) is 0 Å². The van der Waals surface area contributed by atoms with Crippen LogP contribution in [0.1, 0.15) is 12.0 Å². The van der Waals surface area contributed by atoms with E-state index < -0.39 is 20.9 Å². The molecule has 1 aromatic carbocycles. The van der Waals surface area contributed by atoms with Gasteiger partial charge in [-0.2, -0.15) is 0 Å². The first-order valence-corrected chi connectivity index (χ1v) is 6.88. The number of aliphatic carboxylic acids is 1. The first-order valence-electron chi connectivity index (χ1n) is 5.22. The van der Waals surface area contributed by atoms with Gasteiger partial charge in [-0.05, 0) is 5.56 Å². The Morgan fingerprint density at radius 1 is 1.32 bits per heavy atom. The SMILES string of the molecule is O=C(O)CCNS(=O)(=O)Cc1ccc([N+](=O)[O-])cc1. The molecule has 0 aromatic heterocycles. The minimum absolute atomic E-state index is 0.125. The lowest BCUT2D eigenvalue weighted by Gasteiger charge is -2.05. The maximum Gasteiger partial charge on any atom is 0.304 e. The van der Waals surface area contributed by atoms with Gasteiger partial charge in [0, 0.05) is 18.7 Å². The summed E-state index contributed by atoms with van der Waals surface area (Å²) in [6.07, 6.45) is -0.306. The third-order valence-corrected chi connectivity index (χ3v) is 3.52. The summed E-state index contributed by atoms with van der Waals surface area (Å²) in [5, 5.41) is 18.8. The topological polar surface area (TPSA) is 127 Å². The van der Waals surface area contributed by atoms with Crippen LogP contribution in [0.25, 0.3) is 0 Å². The van der Waals surface area contributed by atoms with E-state index in [1.54, 1.807) is 0 Å². The molecule has 0 aliphatic heterocycles. The second kappa shape index (κ2) is 6.25. The Kier molecular flexibility index (Phi) is 4.95.